The topological polar surface area (TPSA) is 12.0 Å². The predicted molar refractivity (Wildman–Crippen MR) is 87.3 cm³/mol. The smallest absolute Gasteiger partial charge is 0.124 e. The normalized spacial score (nSPS) is 12.4. The molecule has 0 radical (unpaired) electrons. The van der Waals surface area contributed by atoms with E-state index in [0.29, 0.717) is 5.02 Å². The van der Waals surface area contributed by atoms with Gasteiger partial charge in [0, 0.05) is 11.1 Å². The summed E-state index contributed by atoms with van der Waals surface area (Å²) in [6, 6.07) is 13.2. The first-order valence-corrected chi connectivity index (χ1v) is 7.72. The van der Waals surface area contributed by atoms with Crippen LogP contribution < -0.4 is 5.32 Å². The van der Waals surface area contributed by atoms with Gasteiger partial charge in [0.05, 0.1) is 0 Å². The van der Waals surface area contributed by atoms with Gasteiger partial charge in [0.2, 0.25) is 0 Å². The second-order valence-electron chi connectivity index (χ2n) is 5.37. The van der Waals surface area contributed by atoms with Crippen molar-refractivity contribution in [3.63, 3.8) is 0 Å². The first-order valence-electron chi connectivity index (χ1n) is 7.34. The molecule has 0 bridgehead atoms. The minimum atomic E-state index is -0.298. The summed E-state index contributed by atoms with van der Waals surface area (Å²) in [4.78, 5) is 0. The first kappa shape index (κ1) is 16.0. The summed E-state index contributed by atoms with van der Waals surface area (Å²) in [5.74, 6) is -0.298. The minimum absolute atomic E-state index is 0.0971. The summed E-state index contributed by atoms with van der Waals surface area (Å²) >= 11 is 6.22. The molecule has 21 heavy (non-hydrogen) atoms. The molecule has 1 N–H and O–H groups in total. The fourth-order valence-electron chi connectivity index (χ4n) is 2.47. The van der Waals surface area contributed by atoms with Crippen molar-refractivity contribution in [3.05, 3.63) is 70.0 Å². The van der Waals surface area contributed by atoms with E-state index in [1.165, 1.54) is 23.3 Å². The van der Waals surface area contributed by atoms with E-state index in [0.717, 1.165) is 24.9 Å². The zero-order chi connectivity index (χ0) is 15.2. The molecule has 0 aliphatic carbocycles. The fraction of sp³-hybridized carbons (Fsp3) is 0.333. The Kier molecular flexibility index (Phi) is 5.77. The Morgan fingerprint density at radius 2 is 2.00 bits per heavy atom. The van der Waals surface area contributed by atoms with Gasteiger partial charge in [-0.05, 0) is 49.6 Å². The summed E-state index contributed by atoms with van der Waals surface area (Å²) in [6.07, 6.45) is 1.89. The molecule has 0 spiro atoms. The van der Waals surface area contributed by atoms with Crippen LogP contribution in [0.1, 0.15) is 36.1 Å². The summed E-state index contributed by atoms with van der Waals surface area (Å²) in [5.41, 5.74) is 3.45. The predicted octanol–water partition coefficient (Wildman–Crippen LogP) is 5.07. The van der Waals surface area contributed by atoms with Gasteiger partial charge in [0.15, 0.2) is 0 Å². The molecule has 2 aromatic rings. The molecule has 0 saturated heterocycles. The van der Waals surface area contributed by atoms with Gasteiger partial charge in [-0.3, -0.25) is 0 Å². The fourth-order valence-corrected chi connectivity index (χ4v) is 2.77. The van der Waals surface area contributed by atoms with Crippen LogP contribution in [-0.2, 0) is 6.42 Å². The summed E-state index contributed by atoms with van der Waals surface area (Å²) in [5, 5.41) is 3.99. The van der Waals surface area contributed by atoms with Crippen molar-refractivity contribution < 1.29 is 4.39 Å². The second-order valence-corrected chi connectivity index (χ2v) is 5.77. The molecule has 1 atom stereocenters. The largest absolute Gasteiger partial charge is 0.310 e. The third-order valence-electron chi connectivity index (χ3n) is 3.50. The lowest BCUT2D eigenvalue weighted by atomic mass is 9.97. The van der Waals surface area contributed by atoms with E-state index in [1.807, 2.05) is 0 Å². The lowest BCUT2D eigenvalue weighted by Crippen LogP contribution is -2.24. The molecule has 3 heteroatoms. The molecule has 1 unspecified atom stereocenters. The van der Waals surface area contributed by atoms with Crippen LogP contribution in [0.2, 0.25) is 5.02 Å². The van der Waals surface area contributed by atoms with Crippen molar-refractivity contribution in [2.45, 2.75) is 32.7 Å². The van der Waals surface area contributed by atoms with Crippen LogP contribution in [0.4, 0.5) is 4.39 Å². The minimum Gasteiger partial charge on any atom is -0.310 e. The Morgan fingerprint density at radius 1 is 1.19 bits per heavy atom. The van der Waals surface area contributed by atoms with E-state index in [1.54, 1.807) is 6.07 Å². The summed E-state index contributed by atoms with van der Waals surface area (Å²) in [7, 11) is 0. The van der Waals surface area contributed by atoms with E-state index >= 15 is 0 Å². The maximum Gasteiger partial charge on any atom is 0.124 e. The Hall–Kier alpha value is -1.38. The number of hydrogen-bond donors (Lipinski definition) is 1. The molecule has 2 rings (SSSR count). The Morgan fingerprint density at radius 3 is 2.67 bits per heavy atom. The number of aryl methyl sites for hydroxylation is 1. The van der Waals surface area contributed by atoms with Gasteiger partial charge in [-0.15, -0.1) is 0 Å². The van der Waals surface area contributed by atoms with Gasteiger partial charge in [0.25, 0.3) is 0 Å². The van der Waals surface area contributed by atoms with Crippen molar-refractivity contribution in [1.82, 2.24) is 5.32 Å². The lowest BCUT2D eigenvalue weighted by Gasteiger charge is -2.20. The third kappa shape index (κ3) is 4.55. The van der Waals surface area contributed by atoms with Gasteiger partial charge in [-0.2, -0.15) is 0 Å². The molecule has 112 valence electrons. The summed E-state index contributed by atoms with van der Waals surface area (Å²) in [6.45, 7) is 5.12. The highest BCUT2D eigenvalue weighted by Crippen LogP contribution is 2.27. The van der Waals surface area contributed by atoms with Crippen LogP contribution in [-0.4, -0.2) is 6.54 Å². The van der Waals surface area contributed by atoms with Crippen molar-refractivity contribution in [1.29, 1.82) is 0 Å². The maximum absolute atomic E-state index is 13.2. The zero-order valence-electron chi connectivity index (χ0n) is 12.5. The quantitative estimate of drug-likeness (QED) is 0.785. The maximum atomic E-state index is 13.2. The van der Waals surface area contributed by atoms with E-state index < -0.39 is 0 Å². The molecule has 0 fully saturated rings. The highest BCUT2D eigenvalue weighted by molar-refractivity contribution is 6.31. The molecular weight excluding hydrogens is 285 g/mol. The third-order valence-corrected chi connectivity index (χ3v) is 3.83. The molecule has 0 aliphatic heterocycles. The Labute approximate surface area is 131 Å². The van der Waals surface area contributed by atoms with Crippen molar-refractivity contribution in [2.75, 3.05) is 6.54 Å². The second kappa shape index (κ2) is 7.58. The van der Waals surface area contributed by atoms with Crippen molar-refractivity contribution >= 4 is 11.6 Å². The van der Waals surface area contributed by atoms with E-state index in [9.17, 15) is 4.39 Å². The van der Waals surface area contributed by atoms with Crippen LogP contribution in [0.15, 0.2) is 42.5 Å². The molecule has 0 saturated carbocycles. The highest BCUT2D eigenvalue weighted by atomic mass is 35.5. The van der Waals surface area contributed by atoms with Gasteiger partial charge >= 0.3 is 0 Å². The van der Waals surface area contributed by atoms with E-state index in [4.69, 9.17) is 11.6 Å². The first-order chi connectivity index (χ1) is 10.1. The van der Waals surface area contributed by atoms with Crippen LogP contribution in [0.25, 0.3) is 0 Å². The standard InChI is InChI=1S/C18H21ClFN/c1-3-9-21-18(11-14-6-4-5-13(2)10-14)16-8-7-15(20)12-17(16)19/h4-8,10,12,18,21H,3,9,11H2,1-2H3. The highest BCUT2D eigenvalue weighted by Gasteiger charge is 2.15. The lowest BCUT2D eigenvalue weighted by molar-refractivity contribution is 0.527. The van der Waals surface area contributed by atoms with Crippen molar-refractivity contribution in [2.24, 2.45) is 0 Å². The molecule has 1 nitrogen and oxygen atoms in total. The monoisotopic (exact) mass is 305 g/mol. The van der Waals surface area contributed by atoms with Crippen LogP contribution >= 0.6 is 11.6 Å². The average molecular weight is 306 g/mol. The van der Waals surface area contributed by atoms with Crippen LogP contribution in [0, 0.1) is 12.7 Å². The number of benzene rings is 2. The average Bonchev–Trinajstić information content (AvgIpc) is 2.44. The number of hydrogen-bond acceptors (Lipinski definition) is 1. The Bertz CT molecular complexity index is 598. The van der Waals surface area contributed by atoms with Gasteiger partial charge < -0.3 is 5.32 Å². The Balaban J connectivity index is 2.25. The number of nitrogens with one attached hydrogen (secondary N) is 1. The molecule has 0 amide bonds. The van der Waals surface area contributed by atoms with E-state index in [-0.39, 0.29) is 11.9 Å². The number of rotatable bonds is 6. The molecule has 0 aromatic heterocycles. The van der Waals surface area contributed by atoms with Gasteiger partial charge in [-0.25, -0.2) is 4.39 Å². The van der Waals surface area contributed by atoms with Crippen LogP contribution in [0.3, 0.4) is 0 Å². The van der Waals surface area contributed by atoms with Gasteiger partial charge in [0.1, 0.15) is 5.82 Å². The zero-order valence-corrected chi connectivity index (χ0v) is 13.3. The summed E-state index contributed by atoms with van der Waals surface area (Å²) < 4.78 is 13.2. The molecule has 2 aromatic carbocycles. The van der Waals surface area contributed by atoms with Crippen LogP contribution in [0.5, 0.6) is 0 Å². The van der Waals surface area contributed by atoms with Crippen molar-refractivity contribution in [3.8, 4) is 0 Å². The SMILES string of the molecule is CCCNC(Cc1cccc(C)c1)c1ccc(F)cc1Cl. The molecule has 0 heterocycles. The van der Waals surface area contributed by atoms with Gasteiger partial charge in [-0.1, -0.05) is 54.4 Å². The number of halogens is 2. The van der Waals surface area contributed by atoms with E-state index in [2.05, 4.69) is 43.4 Å². The molecule has 0 aliphatic rings. The molecular formula is C18H21ClFN.